The Morgan fingerprint density at radius 2 is 1.11 bits per heavy atom. The molecule has 6 nitrogen and oxygen atoms in total. The lowest BCUT2D eigenvalue weighted by Crippen LogP contribution is -2.28. The number of unbranched alkanes of at least 4 members (excludes halogenated alkanes) is 20. The molecule has 0 heterocycles. The fourth-order valence-corrected chi connectivity index (χ4v) is 5.18. The lowest BCUT2D eigenvalue weighted by molar-refractivity contribution is -0.123. The highest BCUT2D eigenvalue weighted by molar-refractivity contribution is 7.51. The summed E-state index contributed by atoms with van der Waals surface area (Å²) in [7, 11) is -3.36. The molecule has 0 aliphatic carbocycles. The van der Waals surface area contributed by atoms with Crippen molar-refractivity contribution in [1.82, 2.24) is 5.32 Å². The summed E-state index contributed by atoms with van der Waals surface area (Å²) in [5, 5.41) is 13.0. The number of aliphatic hydroxyl groups excluding tert-OH is 1. The van der Waals surface area contributed by atoms with E-state index in [2.05, 4.69) is 12.2 Å². The second-order valence-electron chi connectivity index (χ2n) is 11.1. The zero-order valence-corrected chi connectivity index (χ0v) is 25.4. The van der Waals surface area contributed by atoms with Gasteiger partial charge in [-0.3, -0.25) is 9.36 Å². The van der Waals surface area contributed by atoms with E-state index in [4.69, 9.17) is 9.42 Å². The summed E-state index contributed by atoms with van der Waals surface area (Å²) in [4.78, 5) is 21.0. The van der Waals surface area contributed by atoms with Crippen LogP contribution in [0, 0.1) is 0 Å². The number of carbonyl (C=O) groups excluding carboxylic acids is 1. The van der Waals surface area contributed by atoms with Crippen molar-refractivity contribution in [3.05, 3.63) is 0 Å². The average Bonchev–Trinajstić information content (AvgIpc) is 2.84. The summed E-state index contributed by atoms with van der Waals surface area (Å²) in [6, 6.07) is 0. The van der Waals surface area contributed by atoms with Gasteiger partial charge in [0, 0.05) is 13.2 Å². The summed E-state index contributed by atoms with van der Waals surface area (Å²) in [6.45, 7) is 4.37. The van der Waals surface area contributed by atoms with Crippen LogP contribution >= 0.6 is 7.60 Å². The molecule has 1 amide bonds. The highest BCUT2D eigenvalue weighted by Gasteiger charge is 2.10. The molecule has 0 saturated carbocycles. The first-order chi connectivity index (χ1) is 17.8. The Bertz CT molecular complexity index is 540. The maximum absolute atomic E-state index is 11.9. The van der Waals surface area contributed by atoms with Crippen molar-refractivity contribution in [3.63, 3.8) is 0 Å². The van der Waals surface area contributed by atoms with Gasteiger partial charge in [0.2, 0.25) is 5.91 Å². The Labute approximate surface area is 229 Å². The van der Waals surface area contributed by atoms with Crippen molar-refractivity contribution >= 4 is 13.5 Å². The maximum atomic E-state index is 11.9. The smallest absolute Gasteiger partial charge is 0.325 e. The Morgan fingerprint density at radius 1 is 0.703 bits per heavy atom. The lowest BCUT2D eigenvalue weighted by Gasteiger charge is -2.11. The fourth-order valence-electron chi connectivity index (χ4n) is 4.71. The lowest BCUT2D eigenvalue weighted by atomic mass is 10.0. The largest absolute Gasteiger partial charge is 0.393 e. The van der Waals surface area contributed by atoms with Crippen LogP contribution in [-0.2, 0) is 13.9 Å². The molecule has 222 valence electrons. The molecular formula is C30H62NO5P. The van der Waals surface area contributed by atoms with Crippen LogP contribution in [0.15, 0.2) is 0 Å². The molecule has 0 aromatic rings. The normalized spacial score (nSPS) is 13.9. The van der Waals surface area contributed by atoms with E-state index < -0.39 is 13.7 Å². The second kappa shape index (κ2) is 27.2. The maximum Gasteiger partial charge on any atom is 0.325 e. The molecule has 0 aliphatic heterocycles. The first kappa shape index (κ1) is 36.6. The summed E-state index contributed by atoms with van der Waals surface area (Å²) in [5.74, 6) is -0.0783. The van der Waals surface area contributed by atoms with Gasteiger partial charge in [-0.2, -0.15) is 0 Å². The van der Waals surface area contributed by atoms with E-state index in [1.165, 1.54) is 109 Å². The third kappa shape index (κ3) is 31.7. The third-order valence-electron chi connectivity index (χ3n) is 7.04. The van der Waals surface area contributed by atoms with E-state index in [-0.39, 0.29) is 12.3 Å². The first-order valence-corrected chi connectivity index (χ1v) is 17.8. The highest BCUT2D eigenvalue weighted by atomic mass is 31.2. The van der Waals surface area contributed by atoms with Crippen LogP contribution in [0.4, 0.5) is 0 Å². The molecule has 3 N–H and O–H groups in total. The monoisotopic (exact) mass is 547 g/mol. The Balaban J connectivity index is 3.29. The van der Waals surface area contributed by atoms with Gasteiger partial charge in [0.05, 0.1) is 19.1 Å². The summed E-state index contributed by atoms with van der Waals surface area (Å²) < 4.78 is 15.8. The SMILES string of the molecule is CCCCCCCCCCCCCCCCCCCCC(O)CC(=O)NCCCCCCOP(C)(=O)O. The zero-order chi connectivity index (χ0) is 27.5. The van der Waals surface area contributed by atoms with Gasteiger partial charge in [0.25, 0.3) is 0 Å². The third-order valence-corrected chi connectivity index (χ3v) is 7.70. The van der Waals surface area contributed by atoms with E-state index in [1.54, 1.807) is 0 Å². The molecule has 0 aromatic heterocycles. The van der Waals surface area contributed by atoms with Gasteiger partial charge in [0.1, 0.15) is 0 Å². The molecule has 0 aromatic carbocycles. The van der Waals surface area contributed by atoms with Crippen molar-refractivity contribution in [3.8, 4) is 0 Å². The Morgan fingerprint density at radius 3 is 1.57 bits per heavy atom. The molecule has 0 radical (unpaired) electrons. The number of nitrogens with one attached hydrogen (secondary N) is 1. The minimum absolute atomic E-state index is 0.0783. The topological polar surface area (TPSA) is 95.9 Å². The number of rotatable bonds is 29. The van der Waals surface area contributed by atoms with Crippen molar-refractivity contribution in [2.75, 3.05) is 19.8 Å². The van der Waals surface area contributed by atoms with E-state index in [1.807, 2.05) is 0 Å². The molecule has 0 fully saturated rings. The van der Waals surface area contributed by atoms with Crippen molar-refractivity contribution in [1.29, 1.82) is 0 Å². The molecule has 0 aliphatic rings. The molecule has 0 saturated heterocycles. The van der Waals surface area contributed by atoms with Crippen LogP contribution in [0.3, 0.4) is 0 Å². The van der Waals surface area contributed by atoms with E-state index in [0.29, 0.717) is 19.6 Å². The molecule has 0 spiro atoms. The summed E-state index contributed by atoms with van der Waals surface area (Å²) in [5.41, 5.74) is 0. The van der Waals surface area contributed by atoms with Gasteiger partial charge < -0.3 is 19.8 Å². The summed E-state index contributed by atoms with van der Waals surface area (Å²) in [6.07, 6.45) is 28.1. The number of carbonyl (C=O) groups is 1. The molecule has 0 bridgehead atoms. The average molecular weight is 548 g/mol. The molecule has 0 rings (SSSR count). The molecule has 2 atom stereocenters. The zero-order valence-electron chi connectivity index (χ0n) is 24.5. The minimum Gasteiger partial charge on any atom is -0.393 e. The number of hydrogen-bond acceptors (Lipinski definition) is 4. The minimum atomic E-state index is -3.36. The predicted molar refractivity (Wildman–Crippen MR) is 157 cm³/mol. The van der Waals surface area contributed by atoms with Gasteiger partial charge in [-0.25, -0.2) is 0 Å². The Hall–Kier alpha value is -0.420. The van der Waals surface area contributed by atoms with Gasteiger partial charge in [-0.1, -0.05) is 135 Å². The quantitative estimate of drug-likeness (QED) is 0.0643. The molecule has 37 heavy (non-hydrogen) atoms. The summed E-state index contributed by atoms with van der Waals surface area (Å²) >= 11 is 0. The van der Waals surface area contributed by atoms with Crippen LogP contribution in [0.5, 0.6) is 0 Å². The second-order valence-corrected chi connectivity index (χ2v) is 12.9. The standard InChI is InChI=1S/C30H62NO5P/c1-3-4-5-6-7-8-9-10-11-12-13-14-15-16-17-18-19-22-25-29(32)28-30(33)31-26-23-20-21-24-27-36-37(2,34)35/h29,32H,3-28H2,1-2H3,(H,31,33)(H,34,35). The van der Waals surface area contributed by atoms with E-state index in [0.717, 1.165) is 38.5 Å². The van der Waals surface area contributed by atoms with E-state index in [9.17, 15) is 14.5 Å². The number of amides is 1. The fraction of sp³-hybridized carbons (Fsp3) is 0.967. The predicted octanol–water partition coefficient (Wildman–Crippen LogP) is 8.68. The van der Waals surface area contributed by atoms with Crippen molar-refractivity contribution in [2.24, 2.45) is 0 Å². The molecular weight excluding hydrogens is 485 g/mol. The van der Waals surface area contributed by atoms with Crippen molar-refractivity contribution in [2.45, 2.75) is 167 Å². The van der Waals surface area contributed by atoms with Crippen LogP contribution in [0.25, 0.3) is 0 Å². The number of aliphatic hydroxyl groups is 1. The van der Waals surface area contributed by atoms with Crippen molar-refractivity contribution < 1.29 is 23.9 Å². The van der Waals surface area contributed by atoms with Crippen LogP contribution < -0.4 is 5.32 Å². The van der Waals surface area contributed by atoms with Gasteiger partial charge in [-0.15, -0.1) is 0 Å². The van der Waals surface area contributed by atoms with Gasteiger partial charge in [-0.05, 0) is 19.3 Å². The first-order valence-electron chi connectivity index (χ1n) is 15.7. The van der Waals surface area contributed by atoms with Crippen LogP contribution in [0.1, 0.15) is 161 Å². The van der Waals surface area contributed by atoms with Gasteiger partial charge >= 0.3 is 7.60 Å². The number of hydrogen-bond donors (Lipinski definition) is 3. The van der Waals surface area contributed by atoms with Crippen LogP contribution in [-0.4, -0.2) is 41.8 Å². The molecule has 2 unspecified atom stereocenters. The van der Waals surface area contributed by atoms with Gasteiger partial charge in [0.15, 0.2) is 0 Å². The Kier molecular flexibility index (Phi) is 26.9. The molecule has 7 heteroatoms. The van der Waals surface area contributed by atoms with Crippen LogP contribution in [0.2, 0.25) is 0 Å². The highest BCUT2D eigenvalue weighted by Crippen LogP contribution is 2.36. The van der Waals surface area contributed by atoms with E-state index >= 15 is 0 Å².